The zero-order valence-corrected chi connectivity index (χ0v) is 14.8. The summed E-state index contributed by atoms with van der Waals surface area (Å²) in [4.78, 5) is 14.8. The molecule has 1 heterocycles. The van der Waals surface area contributed by atoms with Gasteiger partial charge >= 0.3 is 0 Å². The van der Waals surface area contributed by atoms with E-state index in [1.54, 1.807) is 0 Å². The van der Waals surface area contributed by atoms with Crippen molar-refractivity contribution < 1.29 is 9.18 Å². The van der Waals surface area contributed by atoms with Crippen LogP contribution in [-0.2, 0) is 0 Å². The van der Waals surface area contributed by atoms with Crippen molar-refractivity contribution in [1.29, 1.82) is 0 Å². The van der Waals surface area contributed by atoms with E-state index in [-0.39, 0.29) is 17.8 Å². The Morgan fingerprint density at radius 2 is 1.68 bits per heavy atom. The summed E-state index contributed by atoms with van der Waals surface area (Å²) in [7, 11) is 0. The second kappa shape index (κ2) is 8.45. The van der Waals surface area contributed by atoms with Crippen LogP contribution >= 0.6 is 11.6 Å². The molecule has 1 saturated heterocycles. The fourth-order valence-electron chi connectivity index (χ4n) is 3.27. The molecule has 0 spiro atoms. The Morgan fingerprint density at radius 3 is 2.32 bits per heavy atom. The molecule has 0 bridgehead atoms. The molecule has 0 radical (unpaired) electrons. The topological polar surface area (TPSA) is 32.3 Å². The number of piperidine rings is 1. The van der Waals surface area contributed by atoms with Gasteiger partial charge in [-0.3, -0.25) is 9.69 Å². The Hall–Kier alpha value is -1.91. The Morgan fingerprint density at radius 1 is 1.04 bits per heavy atom. The molecule has 2 aromatic carbocycles. The van der Waals surface area contributed by atoms with Crippen molar-refractivity contribution in [1.82, 2.24) is 10.2 Å². The molecule has 25 heavy (non-hydrogen) atoms. The van der Waals surface area contributed by atoms with E-state index in [1.807, 2.05) is 24.3 Å². The molecule has 1 aliphatic heterocycles. The fourth-order valence-corrected chi connectivity index (χ4v) is 3.39. The van der Waals surface area contributed by atoms with E-state index in [2.05, 4.69) is 10.2 Å². The molecule has 1 amide bonds. The Labute approximate surface area is 152 Å². The van der Waals surface area contributed by atoms with Gasteiger partial charge in [-0.25, -0.2) is 4.39 Å². The van der Waals surface area contributed by atoms with Crippen molar-refractivity contribution in [2.45, 2.75) is 25.3 Å². The molecule has 1 aliphatic rings. The number of nitrogens with zero attached hydrogens (tertiary/aromatic N) is 1. The minimum absolute atomic E-state index is 0.113. The third kappa shape index (κ3) is 4.80. The van der Waals surface area contributed by atoms with Crippen LogP contribution in [0.2, 0.25) is 5.02 Å². The minimum Gasteiger partial charge on any atom is -0.350 e. The van der Waals surface area contributed by atoms with E-state index in [1.165, 1.54) is 43.5 Å². The van der Waals surface area contributed by atoms with Crippen molar-refractivity contribution in [3.8, 4) is 0 Å². The van der Waals surface area contributed by atoms with Crippen molar-refractivity contribution in [3.63, 3.8) is 0 Å². The summed E-state index contributed by atoms with van der Waals surface area (Å²) in [6, 6.07) is 13.5. The summed E-state index contributed by atoms with van der Waals surface area (Å²) < 4.78 is 13.0. The Balaban J connectivity index is 1.71. The van der Waals surface area contributed by atoms with Crippen LogP contribution in [0.5, 0.6) is 0 Å². The quantitative estimate of drug-likeness (QED) is 0.855. The van der Waals surface area contributed by atoms with Crippen LogP contribution in [0.25, 0.3) is 0 Å². The van der Waals surface area contributed by atoms with Gasteiger partial charge < -0.3 is 5.32 Å². The third-order valence-electron chi connectivity index (χ3n) is 4.65. The van der Waals surface area contributed by atoms with E-state index in [0.29, 0.717) is 17.1 Å². The smallest absolute Gasteiger partial charge is 0.251 e. The summed E-state index contributed by atoms with van der Waals surface area (Å²) in [5.74, 6) is -0.528. The zero-order chi connectivity index (χ0) is 17.6. The number of hydrogen-bond acceptors (Lipinski definition) is 2. The van der Waals surface area contributed by atoms with Gasteiger partial charge in [0.1, 0.15) is 5.82 Å². The number of hydrogen-bond donors (Lipinski definition) is 1. The summed E-state index contributed by atoms with van der Waals surface area (Å²) in [6.07, 6.45) is 3.61. The Bertz CT molecular complexity index is 697. The highest BCUT2D eigenvalue weighted by molar-refractivity contribution is 6.30. The van der Waals surface area contributed by atoms with E-state index in [0.717, 1.165) is 18.7 Å². The largest absolute Gasteiger partial charge is 0.350 e. The van der Waals surface area contributed by atoms with Gasteiger partial charge in [0.05, 0.1) is 6.04 Å². The molecule has 5 heteroatoms. The summed E-state index contributed by atoms with van der Waals surface area (Å²) in [5.41, 5.74) is 1.61. The highest BCUT2D eigenvalue weighted by atomic mass is 35.5. The standard InChI is InChI=1S/C20H22ClFN2O/c21-17-8-4-15(5-9-17)19(24-12-2-1-3-13-24)14-23-20(25)16-6-10-18(22)11-7-16/h4-11,19H,1-3,12-14H2,(H,23,25)/t19-/m0/s1. The van der Waals surface area contributed by atoms with E-state index in [9.17, 15) is 9.18 Å². The molecule has 2 aromatic rings. The first kappa shape index (κ1) is 17.9. The number of halogens is 2. The molecular formula is C20H22ClFN2O. The van der Waals surface area contributed by atoms with Crippen LogP contribution in [0.1, 0.15) is 41.2 Å². The van der Waals surface area contributed by atoms with Crippen molar-refractivity contribution in [3.05, 3.63) is 70.5 Å². The predicted octanol–water partition coefficient (Wildman–Crippen LogP) is 4.44. The molecule has 1 atom stereocenters. The highest BCUT2D eigenvalue weighted by Gasteiger charge is 2.23. The molecular weight excluding hydrogens is 339 g/mol. The van der Waals surface area contributed by atoms with Crippen molar-refractivity contribution in [2.24, 2.45) is 0 Å². The lowest BCUT2D eigenvalue weighted by Crippen LogP contribution is -2.40. The number of likely N-dealkylation sites (tertiary alicyclic amines) is 1. The van der Waals surface area contributed by atoms with E-state index in [4.69, 9.17) is 11.6 Å². The first-order valence-electron chi connectivity index (χ1n) is 8.67. The second-order valence-electron chi connectivity index (χ2n) is 6.38. The maximum atomic E-state index is 13.0. The second-order valence-corrected chi connectivity index (χ2v) is 6.82. The zero-order valence-electron chi connectivity index (χ0n) is 14.1. The molecule has 1 fully saturated rings. The summed E-state index contributed by atoms with van der Waals surface area (Å²) >= 11 is 6.01. The fraction of sp³-hybridized carbons (Fsp3) is 0.350. The van der Waals surface area contributed by atoms with Crippen LogP contribution in [0.4, 0.5) is 4.39 Å². The van der Waals surface area contributed by atoms with E-state index < -0.39 is 0 Å². The number of benzene rings is 2. The van der Waals surface area contributed by atoms with E-state index >= 15 is 0 Å². The van der Waals surface area contributed by atoms with Gasteiger partial charge in [0.2, 0.25) is 0 Å². The van der Waals surface area contributed by atoms with Gasteiger partial charge in [-0.15, -0.1) is 0 Å². The minimum atomic E-state index is -0.344. The van der Waals surface area contributed by atoms with Crippen molar-refractivity contribution in [2.75, 3.05) is 19.6 Å². The van der Waals surface area contributed by atoms with Crippen molar-refractivity contribution >= 4 is 17.5 Å². The molecule has 1 N–H and O–H groups in total. The molecule has 132 valence electrons. The monoisotopic (exact) mass is 360 g/mol. The first-order valence-corrected chi connectivity index (χ1v) is 9.04. The lowest BCUT2D eigenvalue weighted by molar-refractivity contribution is 0.0924. The van der Waals surface area contributed by atoms with Gasteiger partial charge in [-0.2, -0.15) is 0 Å². The summed E-state index contributed by atoms with van der Waals surface area (Å²) in [5, 5.41) is 3.70. The lowest BCUT2D eigenvalue weighted by atomic mass is 10.0. The van der Waals surface area contributed by atoms with Gasteiger partial charge in [-0.1, -0.05) is 30.2 Å². The van der Waals surface area contributed by atoms with Crippen LogP contribution in [0.3, 0.4) is 0 Å². The number of carbonyl (C=O) groups excluding carboxylic acids is 1. The number of carbonyl (C=O) groups is 1. The maximum absolute atomic E-state index is 13.0. The lowest BCUT2D eigenvalue weighted by Gasteiger charge is -2.35. The van der Waals surface area contributed by atoms with Crippen LogP contribution in [0.15, 0.2) is 48.5 Å². The third-order valence-corrected chi connectivity index (χ3v) is 4.90. The molecule has 3 rings (SSSR count). The molecule has 0 aromatic heterocycles. The van der Waals surface area contributed by atoms with Crippen LogP contribution in [-0.4, -0.2) is 30.4 Å². The predicted molar refractivity (Wildman–Crippen MR) is 98.4 cm³/mol. The van der Waals surface area contributed by atoms with Gasteiger partial charge in [-0.05, 0) is 67.9 Å². The SMILES string of the molecule is O=C(NC[C@@H](c1ccc(Cl)cc1)N1CCCCC1)c1ccc(F)cc1. The van der Waals surface area contributed by atoms with Gasteiger partial charge in [0.25, 0.3) is 5.91 Å². The average Bonchev–Trinajstić information content (AvgIpc) is 2.64. The highest BCUT2D eigenvalue weighted by Crippen LogP contribution is 2.25. The molecule has 0 saturated carbocycles. The normalized spacial score (nSPS) is 16.4. The van der Waals surface area contributed by atoms with Crippen LogP contribution < -0.4 is 5.32 Å². The number of amides is 1. The average molecular weight is 361 g/mol. The Kier molecular flexibility index (Phi) is 6.05. The van der Waals surface area contributed by atoms with Gasteiger partial charge in [0, 0.05) is 17.1 Å². The van der Waals surface area contributed by atoms with Gasteiger partial charge in [0.15, 0.2) is 0 Å². The summed E-state index contributed by atoms with van der Waals surface area (Å²) in [6.45, 7) is 2.57. The number of nitrogens with one attached hydrogen (secondary N) is 1. The first-order chi connectivity index (χ1) is 12.1. The molecule has 0 aliphatic carbocycles. The molecule has 3 nitrogen and oxygen atoms in total. The molecule has 0 unspecified atom stereocenters. The van der Waals surface area contributed by atoms with Crippen LogP contribution in [0, 0.1) is 5.82 Å². The number of rotatable bonds is 5. The maximum Gasteiger partial charge on any atom is 0.251 e.